The summed E-state index contributed by atoms with van der Waals surface area (Å²) in [5, 5.41) is 3.95. The van der Waals surface area contributed by atoms with Crippen LogP contribution in [0.15, 0.2) is 36.4 Å². The molecule has 0 radical (unpaired) electrons. The van der Waals surface area contributed by atoms with Crippen molar-refractivity contribution in [3.05, 3.63) is 52.0 Å². The molecule has 9 heteroatoms. The number of benzene rings is 2. The number of hydrogen-bond acceptors (Lipinski definition) is 5. The number of amides is 2. The molecular formula is C26H32Cl2N2O5. The van der Waals surface area contributed by atoms with Crippen LogP contribution in [0.25, 0.3) is 0 Å². The van der Waals surface area contributed by atoms with Gasteiger partial charge in [0.05, 0.1) is 14.2 Å². The third-order valence-corrected chi connectivity index (χ3v) is 6.90. The molecule has 1 saturated carbocycles. The Morgan fingerprint density at radius 3 is 2.14 bits per heavy atom. The first-order valence-corrected chi connectivity index (χ1v) is 12.5. The molecule has 0 bridgehead atoms. The van der Waals surface area contributed by atoms with E-state index < -0.39 is 6.04 Å². The van der Waals surface area contributed by atoms with E-state index in [9.17, 15) is 9.59 Å². The normalized spacial score (nSPS) is 14.7. The average Bonchev–Trinajstić information content (AvgIpc) is 2.87. The van der Waals surface area contributed by atoms with E-state index in [0.717, 1.165) is 25.7 Å². The first-order chi connectivity index (χ1) is 16.8. The highest BCUT2D eigenvalue weighted by Gasteiger charge is 2.29. The number of ether oxygens (including phenoxy) is 3. The summed E-state index contributed by atoms with van der Waals surface area (Å²) < 4.78 is 16.3. The van der Waals surface area contributed by atoms with Crippen LogP contribution < -0.4 is 19.5 Å². The van der Waals surface area contributed by atoms with E-state index in [1.807, 2.05) is 0 Å². The molecule has 0 heterocycles. The zero-order chi connectivity index (χ0) is 25.4. The first kappa shape index (κ1) is 27.0. The van der Waals surface area contributed by atoms with Crippen molar-refractivity contribution in [2.75, 3.05) is 20.8 Å². The lowest BCUT2D eigenvalue weighted by atomic mass is 9.95. The minimum Gasteiger partial charge on any atom is -0.496 e. The van der Waals surface area contributed by atoms with Crippen molar-refractivity contribution >= 4 is 35.0 Å². The number of rotatable bonds is 10. The maximum Gasteiger partial charge on any atom is 0.261 e. The van der Waals surface area contributed by atoms with Crippen LogP contribution in [0.2, 0.25) is 10.0 Å². The smallest absolute Gasteiger partial charge is 0.261 e. The van der Waals surface area contributed by atoms with Crippen LogP contribution in [-0.4, -0.2) is 49.6 Å². The Balaban J connectivity index is 1.78. The lowest BCUT2D eigenvalue weighted by Crippen LogP contribution is -2.51. The molecule has 0 aliphatic heterocycles. The molecular weight excluding hydrogens is 491 g/mol. The predicted octanol–water partition coefficient (Wildman–Crippen LogP) is 5.26. The van der Waals surface area contributed by atoms with Crippen LogP contribution >= 0.6 is 23.2 Å². The van der Waals surface area contributed by atoms with Gasteiger partial charge in [-0.1, -0.05) is 48.5 Å². The zero-order valence-corrected chi connectivity index (χ0v) is 21.8. The minimum atomic E-state index is -0.750. The van der Waals surface area contributed by atoms with Gasteiger partial charge in [-0.05, 0) is 31.9 Å². The van der Waals surface area contributed by atoms with E-state index in [0.29, 0.717) is 32.9 Å². The van der Waals surface area contributed by atoms with Crippen molar-refractivity contribution in [3.8, 4) is 17.2 Å². The molecule has 2 amide bonds. The molecule has 1 aliphatic carbocycles. The lowest BCUT2D eigenvalue weighted by Gasteiger charge is -2.31. The Bertz CT molecular complexity index is 984. The van der Waals surface area contributed by atoms with Gasteiger partial charge in [0.15, 0.2) is 6.61 Å². The van der Waals surface area contributed by atoms with Crippen molar-refractivity contribution in [2.45, 2.75) is 57.7 Å². The Labute approximate surface area is 216 Å². The number of halogens is 2. The summed E-state index contributed by atoms with van der Waals surface area (Å²) in [6, 6.07) is 9.54. The number of methoxy groups -OCH3 is 2. The van der Waals surface area contributed by atoms with Crippen LogP contribution in [0.5, 0.6) is 17.2 Å². The summed E-state index contributed by atoms with van der Waals surface area (Å²) in [7, 11) is 3.07. The molecule has 35 heavy (non-hydrogen) atoms. The molecule has 2 aromatic rings. The molecule has 3 rings (SSSR count). The number of nitrogens with one attached hydrogen (secondary N) is 1. The molecule has 0 spiro atoms. The van der Waals surface area contributed by atoms with Gasteiger partial charge in [-0.3, -0.25) is 9.59 Å². The second-order valence-corrected chi connectivity index (χ2v) is 9.39. The van der Waals surface area contributed by atoms with Crippen LogP contribution in [0.1, 0.15) is 44.6 Å². The van der Waals surface area contributed by atoms with E-state index in [2.05, 4.69) is 5.32 Å². The first-order valence-electron chi connectivity index (χ1n) is 11.7. The van der Waals surface area contributed by atoms with Crippen LogP contribution in [-0.2, 0) is 16.1 Å². The standard InChI is InChI=1S/C26H32Cl2N2O5/c1-17(26(32)29-18-8-5-4-6-9-18)30(15-22-23(27)10-7-11-24(22)28)25(31)16-35-21-13-19(33-2)12-20(14-21)34-3/h7,10-14,17-18H,4-6,8-9,15-16H2,1-3H3,(H,29,32)/t17-/m0/s1. The predicted molar refractivity (Wildman–Crippen MR) is 137 cm³/mol. The SMILES string of the molecule is COc1cc(OC)cc(OCC(=O)N(Cc2c(Cl)cccc2Cl)[C@@H](C)C(=O)NC2CCCCC2)c1. The van der Waals surface area contributed by atoms with Crippen molar-refractivity contribution in [2.24, 2.45) is 0 Å². The molecule has 190 valence electrons. The Morgan fingerprint density at radius 1 is 1.00 bits per heavy atom. The highest BCUT2D eigenvalue weighted by Crippen LogP contribution is 2.29. The van der Waals surface area contributed by atoms with Gasteiger partial charge in [-0.2, -0.15) is 0 Å². The molecule has 1 N–H and O–H groups in total. The fourth-order valence-corrected chi connectivity index (χ4v) is 4.61. The maximum atomic E-state index is 13.4. The molecule has 0 saturated heterocycles. The van der Waals surface area contributed by atoms with Gasteiger partial charge >= 0.3 is 0 Å². The second kappa shape index (κ2) is 12.9. The van der Waals surface area contributed by atoms with Gasteiger partial charge < -0.3 is 24.4 Å². The third kappa shape index (κ3) is 7.42. The van der Waals surface area contributed by atoms with Gasteiger partial charge in [-0.15, -0.1) is 0 Å². The number of hydrogen-bond donors (Lipinski definition) is 1. The summed E-state index contributed by atoms with van der Waals surface area (Å²) in [5.74, 6) is 0.883. The van der Waals surface area contributed by atoms with Gasteiger partial charge in [0, 0.05) is 46.4 Å². The summed E-state index contributed by atoms with van der Waals surface area (Å²) in [6.45, 7) is 1.48. The molecule has 2 aromatic carbocycles. The van der Waals surface area contributed by atoms with Gasteiger partial charge in [0.2, 0.25) is 5.91 Å². The Morgan fingerprint density at radius 2 is 1.57 bits per heavy atom. The monoisotopic (exact) mass is 522 g/mol. The summed E-state index contributed by atoms with van der Waals surface area (Å²) >= 11 is 12.8. The van der Waals surface area contributed by atoms with Crippen molar-refractivity contribution in [1.82, 2.24) is 10.2 Å². The molecule has 1 fully saturated rings. The van der Waals surface area contributed by atoms with E-state index in [4.69, 9.17) is 37.4 Å². The summed E-state index contributed by atoms with van der Waals surface area (Å²) in [6.07, 6.45) is 5.26. The Hall–Kier alpha value is -2.64. The number of carbonyl (C=O) groups is 2. The van der Waals surface area contributed by atoms with Crippen molar-refractivity contribution < 1.29 is 23.8 Å². The number of carbonyl (C=O) groups excluding carboxylic acids is 2. The second-order valence-electron chi connectivity index (χ2n) is 8.58. The Kier molecular flexibility index (Phi) is 9.93. The number of nitrogens with zero attached hydrogens (tertiary/aromatic N) is 1. The van der Waals surface area contributed by atoms with Crippen LogP contribution in [0.3, 0.4) is 0 Å². The lowest BCUT2D eigenvalue weighted by molar-refractivity contribution is -0.142. The molecule has 0 unspecified atom stereocenters. The fraction of sp³-hybridized carbons (Fsp3) is 0.462. The maximum absolute atomic E-state index is 13.4. The molecule has 1 aliphatic rings. The average molecular weight is 523 g/mol. The minimum absolute atomic E-state index is 0.0708. The van der Waals surface area contributed by atoms with Crippen LogP contribution in [0, 0.1) is 0 Å². The van der Waals surface area contributed by atoms with E-state index in [-0.39, 0.29) is 31.0 Å². The topological polar surface area (TPSA) is 77.1 Å². The van der Waals surface area contributed by atoms with E-state index in [1.165, 1.54) is 25.5 Å². The van der Waals surface area contributed by atoms with Crippen molar-refractivity contribution in [1.29, 1.82) is 0 Å². The summed E-state index contributed by atoms with van der Waals surface area (Å²) in [5.41, 5.74) is 0.574. The van der Waals surface area contributed by atoms with Crippen LogP contribution in [0.4, 0.5) is 0 Å². The highest BCUT2D eigenvalue weighted by atomic mass is 35.5. The molecule has 1 atom stereocenters. The highest BCUT2D eigenvalue weighted by molar-refractivity contribution is 6.36. The van der Waals surface area contributed by atoms with Gasteiger partial charge in [-0.25, -0.2) is 0 Å². The van der Waals surface area contributed by atoms with E-state index in [1.54, 1.807) is 43.3 Å². The zero-order valence-electron chi connectivity index (χ0n) is 20.3. The molecule has 0 aromatic heterocycles. The molecule has 7 nitrogen and oxygen atoms in total. The third-order valence-electron chi connectivity index (χ3n) is 6.20. The summed E-state index contributed by atoms with van der Waals surface area (Å²) in [4.78, 5) is 27.9. The van der Waals surface area contributed by atoms with Gasteiger partial charge in [0.25, 0.3) is 5.91 Å². The quantitative estimate of drug-likeness (QED) is 0.460. The van der Waals surface area contributed by atoms with Gasteiger partial charge in [0.1, 0.15) is 23.3 Å². The van der Waals surface area contributed by atoms with Crippen molar-refractivity contribution in [3.63, 3.8) is 0 Å². The fourth-order valence-electron chi connectivity index (χ4n) is 4.10. The largest absolute Gasteiger partial charge is 0.496 e. The van der Waals surface area contributed by atoms with E-state index >= 15 is 0 Å².